The van der Waals surface area contributed by atoms with Gasteiger partial charge >= 0.3 is 0 Å². The molecular weight excluding hydrogens is 210 g/mol. The molecule has 2 nitrogen and oxygen atoms in total. The molecule has 0 atom stereocenters. The second kappa shape index (κ2) is 5.09. The van der Waals surface area contributed by atoms with E-state index in [4.69, 9.17) is 4.42 Å². The maximum Gasteiger partial charge on any atom is 0.123 e. The molecule has 1 aromatic carbocycles. The molecule has 0 radical (unpaired) electrons. The summed E-state index contributed by atoms with van der Waals surface area (Å²) in [6.07, 6.45) is 0.948. The predicted molar refractivity (Wildman–Crippen MR) is 71.3 cm³/mol. The topological polar surface area (TPSA) is 25.2 Å². The minimum atomic E-state index is 0.740. The summed E-state index contributed by atoms with van der Waals surface area (Å²) < 4.78 is 5.66. The van der Waals surface area contributed by atoms with Crippen molar-refractivity contribution in [1.29, 1.82) is 0 Å². The molecule has 0 unspecified atom stereocenters. The summed E-state index contributed by atoms with van der Waals surface area (Å²) in [5.74, 6) is 2.03. The zero-order valence-electron chi connectivity index (χ0n) is 10.7. The standard InChI is InChI=1S/C15H19NO/c1-4-13-7-8-14(17-13)10-16-15-9-11(2)5-6-12(15)3/h5-9,16H,4,10H2,1-3H3. The number of aryl methyl sites for hydroxylation is 3. The third-order valence-electron chi connectivity index (χ3n) is 2.91. The zero-order chi connectivity index (χ0) is 12.3. The molecule has 2 heteroatoms. The zero-order valence-corrected chi connectivity index (χ0v) is 10.7. The van der Waals surface area contributed by atoms with Crippen LogP contribution in [0.15, 0.2) is 34.7 Å². The Morgan fingerprint density at radius 1 is 1.06 bits per heavy atom. The molecule has 17 heavy (non-hydrogen) atoms. The van der Waals surface area contributed by atoms with Crippen molar-refractivity contribution in [3.8, 4) is 0 Å². The van der Waals surface area contributed by atoms with E-state index in [-0.39, 0.29) is 0 Å². The molecule has 0 fully saturated rings. The van der Waals surface area contributed by atoms with Crippen LogP contribution < -0.4 is 5.32 Å². The first-order valence-electron chi connectivity index (χ1n) is 6.07. The first kappa shape index (κ1) is 11.8. The fourth-order valence-corrected chi connectivity index (χ4v) is 1.82. The van der Waals surface area contributed by atoms with Crippen molar-refractivity contribution in [2.75, 3.05) is 5.32 Å². The van der Waals surface area contributed by atoms with Crippen LogP contribution in [0.25, 0.3) is 0 Å². The van der Waals surface area contributed by atoms with Gasteiger partial charge in [-0.05, 0) is 43.2 Å². The lowest BCUT2D eigenvalue weighted by Gasteiger charge is -2.09. The van der Waals surface area contributed by atoms with Crippen molar-refractivity contribution in [2.24, 2.45) is 0 Å². The van der Waals surface area contributed by atoms with E-state index < -0.39 is 0 Å². The lowest BCUT2D eigenvalue weighted by molar-refractivity contribution is 0.476. The highest BCUT2D eigenvalue weighted by molar-refractivity contribution is 5.52. The van der Waals surface area contributed by atoms with Gasteiger partial charge in [-0.1, -0.05) is 19.1 Å². The van der Waals surface area contributed by atoms with Crippen molar-refractivity contribution in [1.82, 2.24) is 0 Å². The summed E-state index contributed by atoms with van der Waals surface area (Å²) in [5, 5.41) is 3.41. The van der Waals surface area contributed by atoms with E-state index in [2.05, 4.69) is 44.3 Å². The summed E-state index contributed by atoms with van der Waals surface area (Å²) in [4.78, 5) is 0. The Labute approximate surface area is 103 Å². The molecule has 0 aliphatic carbocycles. The van der Waals surface area contributed by atoms with Crippen LogP contribution in [0.5, 0.6) is 0 Å². The second-order valence-corrected chi connectivity index (χ2v) is 4.39. The van der Waals surface area contributed by atoms with Gasteiger partial charge in [0.15, 0.2) is 0 Å². The molecule has 0 spiro atoms. The highest BCUT2D eigenvalue weighted by Crippen LogP contribution is 2.18. The van der Waals surface area contributed by atoms with Crippen molar-refractivity contribution in [3.05, 3.63) is 53.0 Å². The van der Waals surface area contributed by atoms with Crippen molar-refractivity contribution in [3.63, 3.8) is 0 Å². The van der Waals surface area contributed by atoms with Gasteiger partial charge in [-0.2, -0.15) is 0 Å². The fourth-order valence-electron chi connectivity index (χ4n) is 1.82. The highest BCUT2D eigenvalue weighted by atomic mass is 16.3. The number of hydrogen-bond acceptors (Lipinski definition) is 2. The third-order valence-corrected chi connectivity index (χ3v) is 2.91. The maximum atomic E-state index is 5.66. The van der Waals surface area contributed by atoms with Gasteiger partial charge in [0.2, 0.25) is 0 Å². The molecule has 0 saturated heterocycles. The molecule has 1 N–H and O–H groups in total. The number of furan rings is 1. The Hall–Kier alpha value is -1.70. The number of hydrogen-bond donors (Lipinski definition) is 1. The number of anilines is 1. The Morgan fingerprint density at radius 2 is 1.82 bits per heavy atom. The summed E-state index contributed by atoms with van der Waals surface area (Å²) in [6, 6.07) is 10.5. The van der Waals surface area contributed by atoms with Gasteiger partial charge in [0.1, 0.15) is 11.5 Å². The molecule has 0 aliphatic heterocycles. The smallest absolute Gasteiger partial charge is 0.123 e. The van der Waals surface area contributed by atoms with E-state index >= 15 is 0 Å². The predicted octanol–water partition coefficient (Wildman–Crippen LogP) is 4.07. The van der Waals surface area contributed by atoms with Gasteiger partial charge in [0.05, 0.1) is 6.54 Å². The maximum absolute atomic E-state index is 5.66. The monoisotopic (exact) mass is 229 g/mol. The third kappa shape index (κ3) is 2.90. The number of benzene rings is 1. The van der Waals surface area contributed by atoms with E-state index in [9.17, 15) is 0 Å². The van der Waals surface area contributed by atoms with Crippen molar-refractivity contribution < 1.29 is 4.42 Å². The van der Waals surface area contributed by atoms with Crippen LogP contribution in [0.2, 0.25) is 0 Å². The van der Waals surface area contributed by atoms with E-state index in [0.29, 0.717) is 0 Å². The van der Waals surface area contributed by atoms with Crippen molar-refractivity contribution >= 4 is 5.69 Å². The number of nitrogens with one attached hydrogen (secondary N) is 1. The minimum absolute atomic E-state index is 0.740. The van der Waals surface area contributed by atoms with Gasteiger partial charge in [0, 0.05) is 12.1 Å². The van der Waals surface area contributed by atoms with Gasteiger partial charge in [-0.15, -0.1) is 0 Å². The van der Waals surface area contributed by atoms with Gasteiger partial charge < -0.3 is 9.73 Å². The van der Waals surface area contributed by atoms with Crippen LogP contribution in [0.4, 0.5) is 5.69 Å². The largest absolute Gasteiger partial charge is 0.464 e. The lowest BCUT2D eigenvalue weighted by atomic mass is 10.1. The molecule has 0 amide bonds. The summed E-state index contributed by atoms with van der Waals surface area (Å²) >= 11 is 0. The minimum Gasteiger partial charge on any atom is -0.464 e. The van der Waals surface area contributed by atoms with E-state index in [1.807, 2.05) is 12.1 Å². The summed E-state index contributed by atoms with van der Waals surface area (Å²) in [7, 11) is 0. The Balaban J connectivity index is 2.04. The molecule has 90 valence electrons. The average Bonchev–Trinajstić information content (AvgIpc) is 2.78. The molecule has 1 aromatic heterocycles. The SMILES string of the molecule is CCc1ccc(CNc2cc(C)ccc2C)o1. The first-order valence-corrected chi connectivity index (χ1v) is 6.07. The summed E-state index contributed by atoms with van der Waals surface area (Å²) in [5.41, 5.74) is 3.71. The molecule has 0 bridgehead atoms. The summed E-state index contributed by atoms with van der Waals surface area (Å²) in [6.45, 7) is 7.05. The Morgan fingerprint density at radius 3 is 2.53 bits per heavy atom. The normalized spacial score (nSPS) is 10.5. The quantitative estimate of drug-likeness (QED) is 0.854. The van der Waals surface area contributed by atoms with Crippen LogP contribution in [0.3, 0.4) is 0 Å². The van der Waals surface area contributed by atoms with Crippen molar-refractivity contribution in [2.45, 2.75) is 33.7 Å². The van der Waals surface area contributed by atoms with Gasteiger partial charge in [0.25, 0.3) is 0 Å². The fraction of sp³-hybridized carbons (Fsp3) is 0.333. The average molecular weight is 229 g/mol. The van der Waals surface area contributed by atoms with E-state index in [1.54, 1.807) is 0 Å². The van der Waals surface area contributed by atoms with Crippen LogP contribution in [0, 0.1) is 13.8 Å². The molecule has 0 aliphatic rings. The van der Waals surface area contributed by atoms with Gasteiger partial charge in [-0.3, -0.25) is 0 Å². The van der Waals surface area contributed by atoms with Crippen LogP contribution >= 0.6 is 0 Å². The Kier molecular flexibility index (Phi) is 3.52. The van der Waals surface area contributed by atoms with Crippen LogP contribution in [0.1, 0.15) is 29.6 Å². The second-order valence-electron chi connectivity index (χ2n) is 4.39. The van der Waals surface area contributed by atoms with Crippen LogP contribution in [-0.2, 0) is 13.0 Å². The Bertz CT molecular complexity index is 499. The van der Waals surface area contributed by atoms with E-state index in [0.717, 1.165) is 24.5 Å². The molecule has 2 aromatic rings. The lowest BCUT2D eigenvalue weighted by Crippen LogP contribution is -2.00. The first-order chi connectivity index (χ1) is 8.19. The molecule has 0 saturated carbocycles. The highest BCUT2D eigenvalue weighted by Gasteiger charge is 2.02. The van der Waals surface area contributed by atoms with Gasteiger partial charge in [-0.25, -0.2) is 0 Å². The molecule has 2 rings (SSSR count). The number of rotatable bonds is 4. The van der Waals surface area contributed by atoms with E-state index in [1.165, 1.54) is 16.8 Å². The van der Waals surface area contributed by atoms with Crippen LogP contribution in [-0.4, -0.2) is 0 Å². The molecule has 1 heterocycles. The molecular formula is C15H19NO.